The Morgan fingerprint density at radius 2 is 2.00 bits per heavy atom. The van der Waals surface area contributed by atoms with E-state index in [1.54, 1.807) is 31.3 Å². The second-order valence-corrected chi connectivity index (χ2v) is 8.86. The number of rotatable bonds is 6. The number of carboxylic acids is 1. The molecule has 0 atom stereocenters. The fraction of sp³-hybridized carbons (Fsp3) is 0.0952. The SMILES string of the molecule is C=CCOc1c(Br)cc(C=C2SC(=Nc3cccc(C(=O)O)c3)N(C)C2=O)cc1Br. The predicted octanol–water partition coefficient (Wildman–Crippen LogP) is 5.71. The Morgan fingerprint density at radius 1 is 1.30 bits per heavy atom. The van der Waals surface area contributed by atoms with Crippen LogP contribution in [0.3, 0.4) is 0 Å². The summed E-state index contributed by atoms with van der Waals surface area (Å²) in [4.78, 5) is 30.2. The second kappa shape index (κ2) is 9.63. The van der Waals surface area contributed by atoms with Crippen molar-refractivity contribution in [3.8, 4) is 5.75 Å². The first-order valence-electron chi connectivity index (χ1n) is 8.62. The molecule has 1 N–H and O–H groups in total. The molecule has 1 heterocycles. The lowest BCUT2D eigenvalue weighted by Crippen LogP contribution is -2.23. The van der Waals surface area contributed by atoms with E-state index >= 15 is 0 Å². The van der Waals surface area contributed by atoms with Crippen molar-refractivity contribution in [3.63, 3.8) is 0 Å². The Bertz CT molecular complexity index is 1080. The van der Waals surface area contributed by atoms with Crippen molar-refractivity contribution in [2.75, 3.05) is 13.7 Å². The third-order valence-corrected chi connectivity index (χ3v) is 6.22. The van der Waals surface area contributed by atoms with E-state index in [1.807, 2.05) is 12.1 Å². The number of nitrogens with zero attached hydrogens (tertiary/aromatic N) is 2. The lowest BCUT2D eigenvalue weighted by Gasteiger charge is -2.09. The zero-order valence-electron chi connectivity index (χ0n) is 15.8. The summed E-state index contributed by atoms with van der Waals surface area (Å²) in [5.41, 5.74) is 1.41. The molecule has 3 rings (SSSR count). The number of aromatic carboxylic acids is 1. The molecule has 1 fully saturated rings. The number of likely N-dealkylation sites (N-methyl/N-ethyl adjacent to an activating group) is 1. The minimum Gasteiger partial charge on any atom is -0.487 e. The minimum atomic E-state index is -1.03. The number of benzene rings is 2. The molecule has 0 spiro atoms. The molecule has 6 nitrogen and oxygen atoms in total. The molecule has 0 aliphatic carbocycles. The number of amidine groups is 1. The van der Waals surface area contributed by atoms with Crippen molar-refractivity contribution in [1.29, 1.82) is 0 Å². The van der Waals surface area contributed by atoms with E-state index in [2.05, 4.69) is 43.4 Å². The highest BCUT2D eigenvalue weighted by Gasteiger charge is 2.30. The van der Waals surface area contributed by atoms with Gasteiger partial charge in [-0.1, -0.05) is 18.7 Å². The monoisotopic (exact) mass is 550 g/mol. The highest BCUT2D eigenvalue weighted by molar-refractivity contribution is 9.11. The van der Waals surface area contributed by atoms with Gasteiger partial charge in [0.05, 0.1) is 25.1 Å². The molecule has 2 aromatic rings. The summed E-state index contributed by atoms with van der Waals surface area (Å²) in [7, 11) is 1.63. The molecule has 1 aliphatic heterocycles. The van der Waals surface area contributed by atoms with Gasteiger partial charge in [-0.05, 0) is 85.6 Å². The van der Waals surface area contributed by atoms with Crippen LogP contribution < -0.4 is 4.74 Å². The van der Waals surface area contributed by atoms with Gasteiger partial charge in [0.1, 0.15) is 12.4 Å². The molecule has 1 amide bonds. The van der Waals surface area contributed by atoms with Crippen LogP contribution in [0.5, 0.6) is 5.75 Å². The van der Waals surface area contributed by atoms with Crippen LogP contribution in [0.25, 0.3) is 6.08 Å². The number of thioether (sulfide) groups is 1. The van der Waals surface area contributed by atoms with Crippen molar-refractivity contribution >= 4 is 72.4 Å². The van der Waals surface area contributed by atoms with Crippen LogP contribution in [0.1, 0.15) is 15.9 Å². The van der Waals surface area contributed by atoms with Gasteiger partial charge in [-0.2, -0.15) is 0 Å². The van der Waals surface area contributed by atoms with Crippen molar-refractivity contribution < 1.29 is 19.4 Å². The molecule has 154 valence electrons. The van der Waals surface area contributed by atoms with Gasteiger partial charge >= 0.3 is 5.97 Å². The highest BCUT2D eigenvalue weighted by atomic mass is 79.9. The molecular weight excluding hydrogens is 536 g/mol. The van der Waals surface area contributed by atoms with Crippen LogP contribution in [0.2, 0.25) is 0 Å². The number of aliphatic imine (C=N–C) groups is 1. The number of hydrogen-bond donors (Lipinski definition) is 1. The fourth-order valence-corrected chi connectivity index (χ4v) is 5.00. The summed E-state index contributed by atoms with van der Waals surface area (Å²) < 4.78 is 7.10. The maximum Gasteiger partial charge on any atom is 0.335 e. The predicted molar refractivity (Wildman–Crippen MR) is 126 cm³/mol. The molecule has 9 heteroatoms. The third-order valence-electron chi connectivity index (χ3n) is 3.99. The first-order chi connectivity index (χ1) is 14.3. The lowest BCUT2D eigenvalue weighted by atomic mass is 10.2. The topological polar surface area (TPSA) is 79.2 Å². The lowest BCUT2D eigenvalue weighted by molar-refractivity contribution is -0.121. The van der Waals surface area contributed by atoms with E-state index in [0.29, 0.717) is 28.1 Å². The largest absolute Gasteiger partial charge is 0.487 e. The van der Waals surface area contributed by atoms with Gasteiger partial charge in [-0.15, -0.1) is 0 Å². The van der Waals surface area contributed by atoms with E-state index in [1.165, 1.54) is 28.8 Å². The van der Waals surface area contributed by atoms with Crippen molar-refractivity contribution in [2.45, 2.75) is 0 Å². The number of carbonyl (C=O) groups excluding carboxylic acids is 1. The second-order valence-electron chi connectivity index (χ2n) is 6.14. The first-order valence-corrected chi connectivity index (χ1v) is 11.0. The molecule has 0 aromatic heterocycles. The molecule has 2 aromatic carbocycles. The average Bonchev–Trinajstić information content (AvgIpc) is 2.95. The first kappa shape index (κ1) is 22.3. The maximum atomic E-state index is 12.7. The van der Waals surface area contributed by atoms with Crippen molar-refractivity contribution in [2.24, 2.45) is 4.99 Å². The van der Waals surface area contributed by atoms with Crippen LogP contribution in [0.4, 0.5) is 5.69 Å². The van der Waals surface area contributed by atoms with Crippen LogP contribution in [0.15, 0.2) is 67.9 Å². The summed E-state index contributed by atoms with van der Waals surface area (Å²) in [6.45, 7) is 4.01. The van der Waals surface area contributed by atoms with Gasteiger partial charge in [-0.25, -0.2) is 9.79 Å². The zero-order chi connectivity index (χ0) is 21.8. The standard InChI is InChI=1S/C21H16Br2N2O4S/c1-3-7-29-18-15(22)8-12(9-16(18)23)10-17-19(26)25(2)21(30-17)24-14-6-4-5-13(11-14)20(27)28/h3-6,8-11H,1,7H2,2H3,(H,27,28). The Kier molecular flexibility index (Phi) is 7.17. The van der Waals surface area contributed by atoms with Crippen LogP contribution in [-0.2, 0) is 4.79 Å². The zero-order valence-corrected chi connectivity index (χ0v) is 19.8. The van der Waals surface area contributed by atoms with Gasteiger partial charge in [0.2, 0.25) is 0 Å². The average molecular weight is 552 g/mol. The normalized spacial score (nSPS) is 16.4. The number of carbonyl (C=O) groups is 2. The van der Waals surface area contributed by atoms with E-state index in [9.17, 15) is 9.59 Å². The van der Waals surface area contributed by atoms with Crippen molar-refractivity contribution in [1.82, 2.24) is 4.90 Å². The maximum absolute atomic E-state index is 12.7. The molecule has 0 saturated carbocycles. The van der Waals surface area contributed by atoms with Gasteiger partial charge < -0.3 is 9.84 Å². The molecule has 0 radical (unpaired) electrons. The summed E-state index contributed by atoms with van der Waals surface area (Å²) in [5, 5.41) is 9.60. The summed E-state index contributed by atoms with van der Waals surface area (Å²) in [6.07, 6.45) is 3.43. The van der Waals surface area contributed by atoms with Crippen LogP contribution in [-0.4, -0.2) is 40.7 Å². The van der Waals surface area contributed by atoms with E-state index in [4.69, 9.17) is 9.84 Å². The van der Waals surface area contributed by atoms with Gasteiger partial charge in [0, 0.05) is 7.05 Å². The van der Waals surface area contributed by atoms with E-state index < -0.39 is 5.97 Å². The number of amides is 1. The fourth-order valence-electron chi connectivity index (χ4n) is 2.56. The Labute approximate surface area is 194 Å². The minimum absolute atomic E-state index is 0.137. The number of hydrogen-bond acceptors (Lipinski definition) is 5. The molecule has 0 unspecified atom stereocenters. The van der Waals surface area contributed by atoms with Crippen LogP contribution in [0, 0.1) is 0 Å². The Hall–Kier alpha value is -2.36. The molecule has 1 saturated heterocycles. The van der Waals surface area contributed by atoms with Gasteiger partial charge in [0.25, 0.3) is 5.91 Å². The summed E-state index contributed by atoms with van der Waals surface area (Å²) >= 11 is 8.20. The molecule has 0 bridgehead atoms. The van der Waals surface area contributed by atoms with E-state index in [0.717, 1.165) is 14.5 Å². The number of ether oxygens (including phenoxy) is 1. The van der Waals surface area contributed by atoms with Crippen molar-refractivity contribution in [3.05, 3.63) is 74.0 Å². The van der Waals surface area contributed by atoms with Crippen LogP contribution >= 0.6 is 43.6 Å². The summed E-state index contributed by atoms with van der Waals surface area (Å²) in [6, 6.07) is 9.98. The highest BCUT2D eigenvalue weighted by Crippen LogP contribution is 2.38. The van der Waals surface area contributed by atoms with Gasteiger partial charge in [0.15, 0.2) is 5.17 Å². The smallest absolute Gasteiger partial charge is 0.335 e. The summed E-state index contributed by atoms with van der Waals surface area (Å²) in [5.74, 6) is -0.565. The number of halogens is 2. The van der Waals surface area contributed by atoms with E-state index in [-0.39, 0.29) is 11.5 Å². The number of carboxylic acid groups (broad SMARTS) is 1. The molecule has 30 heavy (non-hydrogen) atoms. The quantitative estimate of drug-likeness (QED) is 0.367. The Morgan fingerprint density at radius 3 is 2.63 bits per heavy atom. The third kappa shape index (κ3) is 5.03. The van der Waals surface area contributed by atoms with Gasteiger partial charge in [-0.3, -0.25) is 9.69 Å². The molecule has 1 aliphatic rings. The molecular formula is C21H16Br2N2O4S. The Balaban J connectivity index is 1.89.